The third-order valence-electron chi connectivity index (χ3n) is 5.91. The van der Waals surface area contributed by atoms with Crippen LogP contribution in [0.1, 0.15) is 30.4 Å². The zero-order chi connectivity index (χ0) is 22.2. The van der Waals surface area contributed by atoms with E-state index in [4.69, 9.17) is 0 Å². The molecule has 1 amide bonds. The standard InChI is InChI=1S/C24H25N5O2S/c1-15-3-7-18(8-4-15)19-13-32-23-21(19)24(31)28(14-25-23)10-9-20(30)27-22-16(2)11-26-29(22)12-17-5-6-17/h3-4,7-8,11,13-14,17H,5-6,9-10,12H2,1-2H3,(H,27,30). The summed E-state index contributed by atoms with van der Waals surface area (Å²) in [6.07, 6.45) is 5.94. The summed E-state index contributed by atoms with van der Waals surface area (Å²) in [5.74, 6) is 1.28. The van der Waals surface area contributed by atoms with Crippen molar-refractivity contribution < 1.29 is 4.79 Å². The summed E-state index contributed by atoms with van der Waals surface area (Å²) in [6, 6.07) is 8.12. The second kappa shape index (κ2) is 8.35. The van der Waals surface area contributed by atoms with Crippen LogP contribution in [0, 0.1) is 19.8 Å². The van der Waals surface area contributed by atoms with Crippen molar-refractivity contribution in [1.82, 2.24) is 19.3 Å². The molecule has 0 bridgehead atoms. The van der Waals surface area contributed by atoms with E-state index in [0.717, 1.165) is 29.1 Å². The highest BCUT2D eigenvalue weighted by atomic mass is 32.1. The van der Waals surface area contributed by atoms with E-state index in [1.54, 1.807) is 6.20 Å². The van der Waals surface area contributed by atoms with Gasteiger partial charge in [-0.05, 0) is 38.2 Å². The van der Waals surface area contributed by atoms with Crippen LogP contribution in [0.2, 0.25) is 0 Å². The molecule has 1 saturated carbocycles. The summed E-state index contributed by atoms with van der Waals surface area (Å²) in [5.41, 5.74) is 3.88. The Bertz CT molecular complexity index is 1350. The highest BCUT2D eigenvalue weighted by Crippen LogP contribution is 2.32. The molecule has 1 aromatic carbocycles. The predicted molar refractivity (Wildman–Crippen MR) is 127 cm³/mol. The summed E-state index contributed by atoms with van der Waals surface area (Å²) in [7, 11) is 0. The first-order valence-electron chi connectivity index (χ1n) is 10.9. The number of nitrogens with one attached hydrogen (secondary N) is 1. The molecule has 0 spiro atoms. The number of carbonyl (C=O) groups is 1. The van der Waals surface area contributed by atoms with Crippen LogP contribution in [0.15, 0.2) is 47.0 Å². The summed E-state index contributed by atoms with van der Waals surface area (Å²) >= 11 is 1.46. The topological polar surface area (TPSA) is 81.8 Å². The number of hydrogen-bond acceptors (Lipinski definition) is 5. The van der Waals surface area contributed by atoms with Gasteiger partial charge in [0.25, 0.3) is 5.56 Å². The van der Waals surface area contributed by atoms with E-state index >= 15 is 0 Å². The lowest BCUT2D eigenvalue weighted by atomic mass is 10.1. The van der Waals surface area contributed by atoms with Crippen LogP contribution in [0.4, 0.5) is 5.82 Å². The highest BCUT2D eigenvalue weighted by molar-refractivity contribution is 7.17. The molecule has 3 aromatic heterocycles. The number of aryl methyl sites for hydroxylation is 3. The van der Waals surface area contributed by atoms with Gasteiger partial charge in [-0.15, -0.1) is 11.3 Å². The number of anilines is 1. The van der Waals surface area contributed by atoms with E-state index < -0.39 is 0 Å². The number of hydrogen-bond donors (Lipinski definition) is 1. The van der Waals surface area contributed by atoms with Gasteiger partial charge in [0.15, 0.2) is 0 Å². The van der Waals surface area contributed by atoms with Gasteiger partial charge < -0.3 is 5.32 Å². The van der Waals surface area contributed by atoms with Crippen LogP contribution in [-0.4, -0.2) is 25.2 Å². The largest absolute Gasteiger partial charge is 0.311 e. The van der Waals surface area contributed by atoms with Crippen molar-refractivity contribution >= 4 is 33.3 Å². The van der Waals surface area contributed by atoms with Gasteiger partial charge in [0, 0.05) is 36.0 Å². The highest BCUT2D eigenvalue weighted by Gasteiger charge is 2.24. The molecule has 0 atom stereocenters. The van der Waals surface area contributed by atoms with Crippen LogP contribution in [0.25, 0.3) is 21.3 Å². The number of benzene rings is 1. The average molecular weight is 448 g/mol. The molecule has 5 rings (SSSR count). The Morgan fingerprint density at radius 1 is 1.22 bits per heavy atom. The molecule has 7 nitrogen and oxygen atoms in total. The molecule has 1 aliphatic carbocycles. The fourth-order valence-corrected chi connectivity index (χ4v) is 4.72. The van der Waals surface area contributed by atoms with Crippen LogP contribution >= 0.6 is 11.3 Å². The van der Waals surface area contributed by atoms with E-state index in [2.05, 4.69) is 15.4 Å². The molecule has 3 heterocycles. The fourth-order valence-electron chi connectivity index (χ4n) is 3.81. The zero-order valence-electron chi connectivity index (χ0n) is 18.2. The second-order valence-corrected chi connectivity index (χ2v) is 9.40. The molecule has 0 aliphatic heterocycles. The number of carbonyl (C=O) groups excluding carboxylic acids is 1. The average Bonchev–Trinajstić information content (AvgIpc) is 3.40. The minimum absolute atomic E-state index is 0.116. The SMILES string of the molecule is Cc1ccc(-c2csc3ncn(CCC(=O)Nc4c(C)cnn4CC4CC4)c(=O)c23)cc1. The Morgan fingerprint density at radius 2 is 2.00 bits per heavy atom. The maximum Gasteiger partial charge on any atom is 0.262 e. The Balaban J connectivity index is 1.33. The first kappa shape index (κ1) is 20.6. The first-order chi connectivity index (χ1) is 15.5. The summed E-state index contributed by atoms with van der Waals surface area (Å²) in [5, 5.41) is 9.96. The maximum absolute atomic E-state index is 13.2. The van der Waals surface area contributed by atoms with Crippen molar-refractivity contribution in [2.24, 2.45) is 5.92 Å². The van der Waals surface area contributed by atoms with Crippen molar-refractivity contribution in [2.75, 3.05) is 5.32 Å². The smallest absolute Gasteiger partial charge is 0.262 e. The van der Waals surface area contributed by atoms with Crippen LogP contribution in [0.3, 0.4) is 0 Å². The molecule has 32 heavy (non-hydrogen) atoms. The summed E-state index contributed by atoms with van der Waals surface area (Å²) in [4.78, 5) is 31.0. The quantitative estimate of drug-likeness (QED) is 0.456. The Morgan fingerprint density at radius 3 is 2.75 bits per heavy atom. The fraction of sp³-hybridized carbons (Fsp3) is 0.333. The molecule has 4 aromatic rings. The van der Waals surface area contributed by atoms with Crippen molar-refractivity contribution in [3.05, 3.63) is 63.7 Å². The number of fused-ring (bicyclic) bond motifs is 1. The van der Waals surface area contributed by atoms with Gasteiger partial charge in [0.1, 0.15) is 10.6 Å². The van der Waals surface area contributed by atoms with E-state index in [9.17, 15) is 9.59 Å². The molecular weight excluding hydrogens is 422 g/mol. The molecule has 0 unspecified atom stereocenters. The number of rotatable bonds is 7. The molecular formula is C24H25N5O2S. The van der Waals surface area contributed by atoms with Crippen LogP contribution < -0.4 is 10.9 Å². The van der Waals surface area contributed by atoms with E-state index in [1.165, 1.54) is 40.6 Å². The molecule has 1 N–H and O–H groups in total. The van der Waals surface area contributed by atoms with Gasteiger partial charge in [-0.25, -0.2) is 9.67 Å². The molecule has 8 heteroatoms. The molecule has 0 radical (unpaired) electrons. The summed E-state index contributed by atoms with van der Waals surface area (Å²) in [6.45, 7) is 5.09. The van der Waals surface area contributed by atoms with Crippen molar-refractivity contribution in [3.63, 3.8) is 0 Å². The lowest BCUT2D eigenvalue weighted by molar-refractivity contribution is -0.116. The van der Waals surface area contributed by atoms with Crippen LogP contribution in [0.5, 0.6) is 0 Å². The van der Waals surface area contributed by atoms with E-state index in [1.807, 2.05) is 48.2 Å². The summed E-state index contributed by atoms with van der Waals surface area (Å²) < 4.78 is 3.41. The van der Waals surface area contributed by atoms with Gasteiger partial charge in [-0.2, -0.15) is 5.10 Å². The Labute approximate surface area is 189 Å². The number of amides is 1. The monoisotopic (exact) mass is 447 g/mol. The van der Waals surface area contributed by atoms with E-state index in [0.29, 0.717) is 16.1 Å². The van der Waals surface area contributed by atoms with Gasteiger partial charge in [-0.1, -0.05) is 29.8 Å². The third kappa shape index (κ3) is 4.10. The van der Waals surface area contributed by atoms with Gasteiger partial charge in [0.2, 0.25) is 5.91 Å². The lowest BCUT2D eigenvalue weighted by Gasteiger charge is -2.11. The van der Waals surface area contributed by atoms with Crippen LogP contribution in [-0.2, 0) is 17.9 Å². The minimum Gasteiger partial charge on any atom is -0.311 e. The molecule has 164 valence electrons. The van der Waals surface area contributed by atoms with Crippen molar-refractivity contribution in [1.29, 1.82) is 0 Å². The zero-order valence-corrected chi connectivity index (χ0v) is 19.0. The Hall–Kier alpha value is -3.26. The van der Waals surface area contributed by atoms with E-state index in [-0.39, 0.29) is 24.4 Å². The van der Waals surface area contributed by atoms with Gasteiger partial charge in [-0.3, -0.25) is 14.2 Å². The Kier molecular flexibility index (Phi) is 5.38. The number of thiophene rings is 1. The molecule has 1 aliphatic rings. The first-order valence-corrected chi connectivity index (χ1v) is 11.7. The maximum atomic E-state index is 13.2. The van der Waals surface area contributed by atoms with Crippen molar-refractivity contribution in [3.8, 4) is 11.1 Å². The minimum atomic E-state index is -0.137. The normalized spacial score (nSPS) is 13.6. The van der Waals surface area contributed by atoms with Crippen molar-refractivity contribution in [2.45, 2.75) is 46.2 Å². The molecule has 1 fully saturated rings. The molecule has 0 saturated heterocycles. The van der Waals surface area contributed by atoms with Gasteiger partial charge >= 0.3 is 0 Å². The predicted octanol–water partition coefficient (Wildman–Crippen LogP) is 4.38. The van der Waals surface area contributed by atoms with Gasteiger partial charge in [0.05, 0.1) is 17.9 Å². The second-order valence-electron chi connectivity index (χ2n) is 8.54. The number of aromatic nitrogens is 4. The third-order valence-corrected chi connectivity index (χ3v) is 6.80. The lowest BCUT2D eigenvalue weighted by Crippen LogP contribution is -2.24. The number of nitrogens with zero attached hydrogens (tertiary/aromatic N) is 4.